The summed E-state index contributed by atoms with van der Waals surface area (Å²) in [5, 5.41) is 4.16. The molecule has 0 aliphatic carbocycles. The summed E-state index contributed by atoms with van der Waals surface area (Å²) < 4.78 is 14.8. The highest BCUT2D eigenvalue weighted by Gasteiger charge is 2.23. The van der Waals surface area contributed by atoms with Crippen LogP contribution < -0.4 is 0 Å². The van der Waals surface area contributed by atoms with E-state index in [1.54, 1.807) is 36.7 Å². The van der Waals surface area contributed by atoms with Crippen LogP contribution >= 0.6 is 0 Å². The van der Waals surface area contributed by atoms with Gasteiger partial charge in [-0.05, 0) is 43.0 Å². The van der Waals surface area contributed by atoms with Crippen molar-refractivity contribution in [2.24, 2.45) is 5.92 Å². The fourth-order valence-corrected chi connectivity index (χ4v) is 3.30. The predicted molar refractivity (Wildman–Crippen MR) is 92.1 cm³/mol. The van der Waals surface area contributed by atoms with Gasteiger partial charge in [-0.1, -0.05) is 12.1 Å². The van der Waals surface area contributed by atoms with Crippen molar-refractivity contribution < 1.29 is 9.18 Å². The second-order valence-corrected chi connectivity index (χ2v) is 6.74. The van der Waals surface area contributed by atoms with Crippen LogP contribution in [-0.4, -0.2) is 57.2 Å². The van der Waals surface area contributed by atoms with Crippen LogP contribution in [0.5, 0.6) is 0 Å². The van der Waals surface area contributed by atoms with Crippen LogP contribution in [0, 0.1) is 11.7 Å². The summed E-state index contributed by atoms with van der Waals surface area (Å²) in [4.78, 5) is 20.4. The molecule has 1 aromatic heterocycles. The molecule has 0 unspecified atom stereocenters. The molecule has 1 saturated heterocycles. The molecule has 1 aromatic carbocycles. The number of carbonyl (C=O) groups is 1. The van der Waals surface area contributed by atoms with E-state index in [0.29, 0.717) is 19.0 Å². The van der Waals surface area contributed by atoms with Gasteiger partial charge in [-0.15, -0.1) is 0 Å². The van der Waals surface area contributed by atoms with E-state index in [9.17, 15) is 9.18 Å². The molecular weight excluding hydrogens is 321 g/mol. The van der Waals surface area contributed by atoms with Crippen LogP contribution in [0.1, 0.15) is 18.4 Å². The third kappa shape index (κ3) is 5.09. The molecule has 0 bridgehead atoms. The largest absolute Gasteiger partial charge is 0.340 e. The normalized spacial score (nSPS) is 18.2. The van der Waals surface area contributed by atoms with Crippen LogP contribution in [0.15, 0.2) is 36.9 Å². The number of halogens is 1. The Labute approximate surface area is 147 Å². The molecule has 3 rings (SSSR count). The summed E-state index contributed by atoms with van der Waals surface area (Å²) in [5.74, 6) is 0.320. The zero-order chi connectivity index (χ0) is 17.6. The Morgan fingerprint density at radius 2 is 2.16 bits per heavy atom. The lowest BCUT2D eigenvalue weighted by molar-refractivity contribution is -0.132. The number of likely N-dealkylation sites (N-methyl/N-ethyl adjacent to an activating group) is 1. The Hall–Kier alpha value is -2.28. The Balaban J connectivity index is 1.48. The highest BCUT2D eigenvalue weighted by Crippen LogP contribution is 2.18. The predicted octanol–water partition coefficient (Wildman–Crippen LogP) is 1.79. The quantitative estimate of drug-likeness (QED) is 0.801. The molecule has 25 heavy (non-hydrogen) atoms. The lowest BCUT2D eigenvalue weighted by Gasteiger charge is -2.33. The zero-order valence-corrected chi connectivity index (χ0v) is 14.5. The molecule has 7 heteroatoms. The van der Waals surface area contributed by atoms with Crippen molar-refractivity contribution in [3.05, 3.63) is 48.3 Å². The van der Waals surface area contributed by atoms with Gasteiger partial charge in [0, 0.05) is 26.7 Å². The Morgan fingerprint density at radius 1 is 1.36 bits per heavy atom. The van der Waals surface area contributed by atoms with Gasteiger partial charge in [0.15, 0.2) is 0 Å². The van der Waals surface area contributed by atoms with Gasteiger partial charge in [0.25, 0.3) is 0 Å². The summed E-state index contributed by atoms with van der Waals surface area (Å²) in [7, 11) is 1.79. The maximum Gasteiger partial charge on any atom is 0.236 e. The smallest absolute Gasteiger partial charge is 0.236 e. The van der Waals surface area contributed by atoms with Gasteiger partial charge >= 0.3 is 0 Å². The van der Waals surface area contributed by atoms with E-state index in [0.717, 1.165) is 38.0 Å². The third-order valence-corrected chi connectivity index (χ3v) is 4.63. The molecule has 0 N–H and O–H groups in total. The minimum absolute atomic E-state index is 0.0886. The molecule has 134 valence electrons. The molecule has 1 atom stereocenters. The van der Waals surface area contributed by atoms with E-state index in [-0.39, 0.29) is 11.7 Å². The molecule has 2 aromatic rings. The van der Waals surface area contributed by atoms with Crippen molar-refractivity contribution in [3.8, 4) is 0 Å². The zero-order valence-electron chi connectivity index (χ0n) is 14.5. The summed E-state index contributed by atoms with van der Waals surface area (Å²) in [6.45, 7) is 3.61. The summed E-state index contributed by atoms with van der Waals surface area (Å²) in [6, 6.07) is 6.28. The average Bonchev–Trinajstić information content (AvgIpc) is 3.10. The molecule has 0 saturated carbocycles. The van der Waals surface area contributed by atoms with E-state index >= 15 is 0 Å². The highest BCUT2D eigenvalue weighted by atomic mass is 19.1. The topological polar surface area (TPSA) is 54.3 Å². The maximum absolute atomic E-state index is 13.0. The third-order valence-electron chi connectivity index (χ3n) is 4.63. The molecule has 1 aliphatic heterocycles. The van der Waals surface area contributed by atoms with Gasteiger partial charge < -0.3 is 4.90 Å². The van der Waals surface area contributed by atoms with Gasteiger partial charge in [0.1, 0.15) is 18.5 Å². The standard InChI is InChI=1S/C18H24FN5O/c1-22(9-15-4-6-17(19)7-5-15)18(25)12-23-8-2-3-16(10-23)11-24-14-20-13-21-24/h4-7,13-14,16H,2-3,8-12H2,1H3/t16-/m0/s1. The van der Waals surface area contributed by atoms with Crippen molar-refractivity contribution in [1.29, 1.82) is 0 Å². The number of hydrogen-bond donors (Lipinski definition) is 0. The number of amides is 1. The molecule has 0 spiro atoms. The molecule has 0 radical (unpaired) electrons. The van der Waals surface area contributed by atoms with Gasteiger partial charge in [-0.25, -0.2) is 9.37 Å². The first-order valence-corrected chi connectivity index (χ1v) is 8.63. The molecule has 6 nitrogen and oxygen atoms in total. The fourth-order valence-electron chi connectivity index (χ4n) is 3.30. The Bertz CT molecular complexity index is 673. The SMILES string of the molecule is CN(Cc1ccc(F)cc1)C(=O)CN1CCC[C@H](Cn2cncn2)C1. The maximum atomic E-state index is 13.0. The van der Waals surface area contributed by atoms with Crippen molar-refractivity contribution in [3.63, 3.8) is 0 Å². The molecule has 2 heterocycles. The lowest BCUT2D eigenvalue weighted by atomic mass is 9.98. The Morgan fingerprint density at radius 3 is 2.88 bits per heavy atom. The second-order valence-electron chi connectivity index (χ2n) is 6.74. The van der Waals surface area contributed by atoms with Gasteiger partial charge in [-0.2, -0.15) is 5.10 Å². The van der Waals surface area contributed by atoms with Crippen molar-refractivity contribution in [2.75, 3.05) is 26.7 Å². The number of aromatic nitrogens is 3. The second kappa shape index (κ2) is 8.20. The van der Waals surface area contributed by atoms with E-state index in [1.807, 2.05) is 4.68 Å². The molecular formula is C18H24FN5O. The number of likely N-dealkylation sites (tertiary alicyclic amines) is 1. The molecule has 1 fully saturated rings. The van der Waals surface area contributed by atoms with Crippen LogP contribution in [0.4, 0.5) is 4.39 Å². The van der Waals surface area contributed by atoms with Crippen molar-refractivity contribution in [1.82, 2.24) is 24.6 Å². The first kappa shape index (κ1) is 17.5. The van der Waals surface area contributed by atoms with Gasteiger partial charge in [0.05, 0.1) is 6.54 Å². The lowest BCUT2D eigenvalue weighted by Crippen LogP contribution is -2.43. The van der Waals surface area contributed by atoms with Crippen LogP contribution in [0.25, 0.3) is 0 Å². The number of rotatable bonds is 6. The monoisotopic (exact) mass is 345 g/mol. The number of carbonyl (C=O) groups excluding carboxylic acids is 1. The van der Waals surface area contributed by atoms with Crippen molar-refractivity contribution >= 4 is 5.91 Å². The Kier molecular flexibility index (Phi) is 5.75. The summed E-state index contributed by atoms with van der Waals surface area (Å²) in [5.41, 5.74) is 0.931. The number of benzene rings is 1. The van der Waals surface area contributed by atoms with Gasteiger partial charge in [-0.3, -0.25) is 14.4 Å². The van der Waals surface area contributed by atoms with E-state index in [1.165, 1.54) is 12.1 Å². The van der Waals surface area contributed by atoms with Crippen molar-refractivity contribution in [2.45, 2.75) is 25.9 Å². The highest BCUT2D eigenvalue weighted by molar-refractivity contribution is 5.78. The fraction of sp³-hybridized carbons (Fsp3) is 0.500. The van der Waals surface area contributed by atoms with Gasteiger partial charge in [0.2, 0.25) is 5.91 Å². The number of piperidine rings is 1. The first-order chi connectivity index (χ1) is 12.1. The summed E-state index contributed by atoms with van der Waals surface area (Å²) in [6.07, 6.45) is 5.53. The van der Waals surface area contributed by atoms with Crippen LogP contribution in [0.3, 0.4) is 0 Å². The van der Waals surface area contributed by atoms with Crippen LogP contribution in [0.2, 0.25) is 0 Å². The summed E-state index contributed by atoms with van der Waals surface area (Å²) >= 11 is 0. The minimum atomic E-state index is -0.260. The van der Waals surface area contributed by atoms with E-state index < -0.39 is 0 Å². The molecule has 1 aliphatic rings. The average molecular weight is 345 g/mol. The minimum Gasteiger partial charge on any atom is -0.340 e. The number of nitrogens with zero attached hydrogens (tertiary/aromatic N) is 5. The number of hydrogen-bond acceptors (Lipinski definition) is 4. The van der Waals surface area contributed by atoms with E-state index in [2.05, 4.69) is 15.0 Å². The first-order valence-electron chi connectivity index (χ1n) is 8.63. The van der Waals surface area contributed by atoms with E-state index in [4.69, 9.17) is 0 Å². The molecule has 1 amide bonds. The van der Waals surface area contributed by atoms with Crippen LogP contribution in [-0.2, 0) is 17.9 Å².